The fraction of sp³-hybridized carbons (Fsp3) is 0.722. The summed E-state index contributed by atoms with van der Waals surface area (Å²) in [6.45, 7) is 2.84. The van der Waals surface area contributed by atoms with Gasteiger partial charge in [0.25, 0.3) is 0 Å². The van der Waals surface area contributed by atoms with Gasteiger partial charge in [0.2, 0.25) is 0 Å². The first kappa shape index (κ1) is 18.3. The van der Waals surface area contributed by atoms with Crippen molar-refractivity contribution in [2.24, 2.45) is 5.16 Å². The summed E-state index contributed by atoms with van der Waals surface area (Å²) < 4.78 is 6.23. The molecule has 130 valence electrons. The Bertz CT molecular complexity index is 463. The summed E-state index contributed by atoms with van der Waals surface area (Å²) in [7, 11) is 0. The molecule has 0 unspecified atom stereocenters. The summed E-state index contributed by atoms with van der Waals surface area (Å²) in [5.74, 6) is 0.432. The van der Waals surface area contributed by atoms with E-state index in [1.54, 1.807) is 6.08 Å². The van der Waals surface area contributed by atoms with Crippen molar-refractivity contribution in [1.82, 2.24) is 0 Å². The third-order valence-electron chi connectivity index (χ3n) is 4.65. The molecule has 5 heteroatoms. The van der Waals surface area contributed by atoms with Crippen molar-refractivity contribution in [3.05, 3.63) is 22.9 Å². The van der Waals surface area contributed by atoms with E-state index in [0.29, 0.717) is 25.4 Å². The van der Waals surface area contributed by atoms with Gasteiger partial charge >= 0.3 is 0 Å². The van der Waals surface area contributed by atoms with Gasteiger partial charge in [-0.15, -0.1) is 0 Å². The van der Waals surface area contributed by atoms with Crippen LogP contribution in [0.25, 0.3) is 0 Å². The van der Waals surface area contributed by atoms with E-state index in [1.807, 2.05) is 0 Å². The Labute approximate surface area is 144 Å². The molecule has 23 heavy (non-hydrogen) atoms. The predicted octanol–water partition coefficient (Wildman–Crippen LogP) is 5.24. The molecule has 1 aliphatic carbocycles. The lowest BCUT2D eigenvalue weighted by atomic mass is 9.85. The first-order valence-electron chi connectivity index (χ1n) is 8.70. The van der Waals surface area contributed by atoms with Crippen molar-refractivity contribution in [3.8, 4) is 0 Å². The number of hydrogen-bond donors (Lipinski definition) is 1. The lowest BCUT2D eigenvalue weighted by Gasteiger charge is -2.37. The van der Waals surface area contributed by atoms with Gasteiger partial charge in [-0.1, -0.05) is 55.8 Å². The number of aliphatic hydroxyl groups excluding tert-OH is 1. The van der Waals surface area contributed by atoms with Crippen molar-refractivity contribution in [2.75, 3.05) is 13.2 Å². The summed E-state index contributed by atoms with van der Waals surface area (Å²) in [5.41, 5.74) is 2.84. The van der Waals surface area contributed by atoms with Crippen LogP contribution < -0.4 is 0 Å². The first-order valence-corrected chi connectivity index (χ1v) is 9.14. The Balaban J connectivity index is 2.09. The SMILES string of the molecule is CCCC(=NOCC=CCl)C1=C(O)CC2(CCCCCC2)OC1. The fourth-order valence-corrected chi connectivity index (χ4v) is 3.47. The van der Waals surface area contributed by atoms with Gasteiger partial charge in [-0.3, -0.25) is 0 Å². The molecule has 0 saturated heterocycles. The largest absolute Gasteiger partial charge is 0.512 e. The summed E-state index contributed by atoms with van der Waals surface area (Å²) in [5, 5.41) is 14.8. The summed E-state index contributed by atoms with van der Waals surface area (Å²) >= 11 is 5.47. The highest BCUT2D eigenvalue weighted by Gasteiger charge is 2.38. The molecule has 0 amide bonds. The molecular weight excluding hydrogens is 314 g/mol. The molecule has 1 aliphatic heterocycles. The van der Waals surface area contributed by atoms with Gasteiger partial charge < -0.3 is 14.7 Å². The molecule has 1 N–H and O–H groups in total. The maximum absolute atomic E-state index is 10.6. The highest BCUT2D eigenvalue weighted by atomic mass is 35.5. The van der Waals surface area contributed by atoms with E-state index >= 15 is 0 Å². The van der Waals surface area contributed by atoms with Crippen LogP contribution in [0.15, 0.2) is 28.1 Å². The van der Waals surface area contributed by atoms with E-state index in [-0.39, 0.29) is 5.60 Å². The molecule has 1 saturated carbocycles. The summed E-state index contributed by atoms with van der Waals surface area (Å²) in [6.07, 6.45) is 11.0. The number of oxime groups is 1. The van der Waals surface area contributed by atoms with E-state index in [9.17, 15) is 5.11 Å². The maximum atomic E-state index is 10.6. The average Bonchev–Trinajstić information content (AvgIpc) is 2.76. The summed E-state index contributed by atoms with van der Waals surface area (Å²) in [6, 6.07) is 0. The molecule has 1 heterocycles. The van der Waals surface area contributed by atoms with Gasteiger partial charge in [0.1, 0.15) is 12.4 Å². The van der Waals surface area contributed by atoms with Crippen molar-refractivity contribution in [1.29, 1.82) is 0 Å². The Morgan fingerprint density at radius 2 is 2.09 bits per heavy atom. The summed E-state index contributed by atoms with van der Waals surface area (Å²) in [4.78, 5) is 5.26. The number of nitrogens with zero attached hydrogens (tertiary/aromatic N) is 1. The molecule has 2 rings (SSSR count). The first-order chi connectivity index (χ1) is 11.2. The molecule has 0 bridgehead atoms. The number of hydrogen-bond acceptors (Lipinski definition) is 4. The van der Waals surface area contributed by atoms with Gasteiger partial charge in [0.15, 0.2) is 0 Å². The van der Waals surface area contributed by atoms with E-state index in [2.05, 4.69) is 12.1 Å². The van der Waals surface area contributed by atoms with Crippen LogP contribution in [0.5, 0.6) is 0 Å². The van der Waals surface area contributed by atoms with Crippen LogP contribution >= 0.6 is 11.6 Å². The lowest BCUT2D eigenvalue weighted by molar-refractivity contribution is -0.0620. The van der Waals surface area contributed by atoms with E-state index < -0.39 is 0 Å². The fourth-order valence-electron chi connectivity index (χ4n) is 3.40. The lowest BCUT2D eigenvalue weighted by Crippen LogP contribution is -2.38. The zero-order valence-electron chi connectivity index (χ0n) is 14.0. The Morgan fingerprint density at radius 1 is 1.35 bits per heavy atom. The molecule has 0 aromatic carbocycles. The second kappa shape index (κ2) is 9.33. The van der Waals surface area contributed by atoms with E-state index in [4.69, 9.17) is 21.2 Å². The van der Waals surface area contributed by atoms with Crippen molar-refractivity contribution < 1.29 is 14.7 Å². The van der Waals surface area contributed by atoms with Crippen molar-refractivity contribution in [2.45, 2.75) is 70.3 Å². The van der Waals surface area contributed by atoms with E-state index in [1.165, 1.54) is 31.2 Å². The maximum Gasteiger partial charge on any atom is 0.136 e. The van der Waals surface area contributed by atoms with Crippen LogP contribution in [0.4, 0.5) is 0 Å². The second-order valence-corrected chi connectivity index (χ2v) is 6.69. The van der Waals surface area contributed by atoms with Crippen molar-refractivity contribution >= 4 is 17.3 Å². The van der Waals surface area contributed by atoms with Gasteiger partial charge in [-0.05, 0) is 25.3 Å². The molecular formula is C18H28ClNO3. The normalized spacial score (nSPS) is 22.6. The van der Waals surface area contributed by atoms with Crippen LogP contribution in [0.2, 0.25) is 0 Å². The van der Waals surface area contributed by atoms with Crippen LogP contribution in [-0.4, -0.2) is 29.6 Å². The highest BCUT2D eigenvalue weighted by molar-refractivity contribution is 6.25. The number of aliphatic hydroxyl groups is 1. The average molecular weight is 342 g/mol. The molecule has 4 nitrogen and oxygen atoms in total. The molecule has 1 spiro atoms. The molecule has 0 atom stereocenters. The molecule has 1 fully saturated rings. The van der Waals surface area contributed by atoms with Crippen LogP contribution in [0.1, 0.15) is 64.7 Å². The van der Waals surface area contributed by atoms with Crippen LogP contribution in [-0.2, 0) is 9.57 Å². The minimum Gasteiger partial charge on any atom is -0.512 e. The van der Waals surface area contributed by atoms with Gasteiger partial charge in [-0.2, -0.15) is 0 Å². The smallest absolute Gasteiger partial charge is 0.136 e. The minimum absolute atomic E-state index is 0.163. The van der Waals surface area contributed by atoms with Gasteiger partial charge in [-0.25, -0.2) is 0 Å². The number of ether oxygens (including phenoxy) is 1. The van der Waals surface area contributed by atoms with Crippen LogP contribution in [0, 0.1) is 0 Å². The Kier molecular flexibility index (Phi) is 7.44. The standard InChI is InChI=1S/C18H28ClNO3/c1-2-8-16(20-23-12-7-11-19)15-14-22-18(13-17(15)21)9-5-3-4-6-10-18/h7,11,21H,2-6,8-10,12-14H2,1H3. The predicted molar refractivity (Wildman–Crippen MR) is 93.9 cm³/mol. The third kappa shape index (κ3) is 5.25. The molecule has 0 aromatic rings. The molecule has 0 radical (unpaired) electrons. The zero-order valence-corrected chi connectivity index (χ0v) is 14.8. The third-order valence-corrected chi connectivity index (χ3v) is 4.82. The zero-order chi connectivity index (χ0) is 16.5. The molecule has 0 aromatic heterocycles. The number of halogens is 1. The van der Waals surface area contributed by atoms with Gasteiger partial charge in [0, 0.05) is 17.5 Å². The van der Waals surface area contributed by atoms with Gasteiger partial charge in [0.05, 0.1) is 17.9 Å². The van der Waals surface area contributed by atoms with E-state index in [0.717, 1.165) is 37.0 Å². The topological polar surface area (TPSA) is 51.0 Å². The second-order valence-electron chi connectivity index (χ2n) is 6.43. The number of rotatable bonds is 6. The molecule has 2 aliphatic rings. The van der Waals surface area contributed by atoms with Crippen molar-refractivity contribution in [3.63, 3.8) is 0 Å². The highest BCUT2D eigenvalue weighted by Crippen LogP contribution is 2.39. The quantitative estimate of drug-likeness (QED) is 0.408. The minimum atomic E-state index is -0.163. The Morgan fingerprint density at radius 3 is 2.70 bits per heavy atom. The Hall–Kier alpha value is -1.00. The monoisotopic (exact) mass is 341 g/mol. The van der Waals surface area contributed by atoms with Crippen LogP contribution in [0.3, 0.4) is 0 Å².